The number of fused-ring (bicyclic) bond motifs is 1. The minimum atomic E-state index is -3.17. The van der Waals surface area contributed by atoms with Crippen LogP contribution in [0.3, 0.4) is 0 Å². The highest BCUT2D eigenvalue weighted by molar-refractivity contribution is 6.31. The number of pyridine rings is 2. The number of alkyl halides is 2. The summed E-state index contributed by atoms with van der Waals surface area (Å²) >= 11 is 12.2. The van der Waals surface area contributed by atoms with E-state index in [4.69, 9.17) is 23.2 Å². The molecular formula is C20H18Cl2F2N8. The Bertz CT molecular complexity index is 1200. The first-order valence-electron chi connectivity index (χ1n) is 9.66. The van der Waals surface area contributed by atoms with Crippen molar-refractivity contribution >= 4 is 40.2 Å². The SMILES string of the molecule is FC(F)(CNc1ncc(Cl)c(CCNCc2n[nH]c3ncc(Cl)cc23)n1)c1ccccn1. The van der Waals surface area contributed by atoms with E-state index in [0.29, 0.717) is 40.9 Å². The molecule has 4 aromatic heterocycles. The molecule has 12 heteroatoms. The maximum atomic E-state index is 14.3. The zero-order valence-corrected chi connectivity index (χ0v) is 18.1. The molecule has 0 aliphatic rings. The van der Waals surface area contributed by atoms with Gasteiger partial charge < -0.3 is 10.6 Å². The Morgan fingerprint density at radius 2 is 1.94 bits per heavy atom. The Labute approximate surface area is 191 Å². The van der Waals surface area contributed by atoms with Crippen molar-refractivity contribution in [1.82, 2.24) is 35.5 Å². The van der Waals surface area contributed by atoms with E-state index in [0.717, 1.165) is 11.1 Å². The van der Waals surface area contributed by atoms with Crippen molar-refractivity contribution in [1.29, 1.82) is 0 Å². The normalized spacial score (nSPS) is 11.8. The summed E-state index contributed by atoms with van der Waals surface area (Å²) in [6.45, 7) is 0.320. The van der Waals surface area contributed by atoms with Crippen LogP contribution in [0.25, 0.3) is 11.0 Å². The quantitative estimate of drug-likeness (QED) is 0.312. The second-order valence-electron chi connectivity index (χ2n) is 6.91. The Morgan fingerprint density at radius 1 is 1.06 bits per heavy atom. The predicted octanol–water partition coefficient (Wildman–Crippen LogP) is 3.99. The van der Waals surface area contributed by atoms with Gasteiger partial charge in [0.1, 0.15) is 5.69 Å². The lowest BCUT2D eigenvalue weighted by molar-refractivity contribution is 0.00582. The predicted molar refractivity (Wildman–Crippen MR) is 118 cm³/mol. The molecule has 4 heterocycles. The third-order valence-corrected chi connectivity index (χ3v) is 5.14. The van der Waals surface area contributed by atoms with Gasteiger partial charge in [0.05, 0.1) is 34.2 Å². The smallest absolute Gasteiger partial charge is 0.306 e. The van der Waals surface area contributed by atoms with E-state index in [1.165, 1.54) is 24.5 Å². The standard InChI is InChI=1S/C20H18Cl2F2N8/c21-12-7-13-16(31-32-18(13)27-8-12)10-25-6-4-15-14(22)9-28-19(30-15)29-11-20(23,24)17-3-1-2-5-26-17/h1-3,5,7-9,25H,4,6,10-11H2,(H,27,31,32)(H,28,29,30). The van der Waals surface area contributed by atoms with E-state index in [9.17, 15) is 8.78 Å². The molecule has 0 fully saturated rings. The van der Waals surface area contributed by atoms with E-state index >= 15 is 0 Å². The molecule has 0 saturated heterocycles. The maximum absolute atomic E-state index is 14.3. The Kier molecular flexibility index (Phi) is 6.73. The number of aromatic nitrogens is 6. The summed E-state index contributed by atoms with van der Waals surface area (Å²) < 4.78 is 28.6. The summed E-state index contributed by atoms with van der Waals surface area (Å²) in [5, 5.41) is 14.6. The fourth-order valence-electron chi connectivity index (χ4n) is 3.00. The van der Waals surface area contributed by atoms with Crippen LogP contribution in [-0.2, 0) is 18.9 Å². The fourth-order valence-corrected chi connectivity index (χ4v) is 3.34. The topological polar surface area (TPSA) is 104 Å². The second kappa shape index (κ2) is 9.68. The molecule has 0 amide bonds. The van der Waals surface area contributed by atoms with Crippen LogP contribution < -0.4 is 10.6 Å². The number of hydrogen-bond acceptors (Lipinski definition) is 7. The third kappa shape index (κ3) is 5.26. The molecular weight excluding hydrogens is 461 g/mol. The zero-order valence-electron chi connectivity index (χ0n) is 16.6. The third-order valence-electron chi connectivity index (χ3n) is 4.62. The van der Waals surface area contributed by atoms with Crippen LogP contribution >= 0.6 is 23.2 Å². The van der Waals surface area contributed by atoms with Crippen molar-refractivity contribution in [3.63, 3.8) is 0 Å². The van der Waals surface area contributed by atoms with Crippen LogP contribution in [0, 0.1) is 0 Å². The van der Waals surface area contributed by atoms with Gasteiger partial charge in [0, 0.05) is 37.3 Å². The first kappa shape index (κ1) is 22.3. The average molecular weight is 479 g/mol. The van der Waals surface area contributed by atoms with Gasteiger partial charge in [0.15, 0.2) is 5.65 Å². The highest BCUT2D eigenvalue weighted by atomic mass is 35.5. The fraction of sp³-hybridized carbons (Fsp3) is 0.250. The summed E-state index contributed by atoms with van der Waals surface area (Å²) in [6.07, 6.45) is 4.73. The lowest BCUT2D eigenvalue weighted by Crippen LogP contribution is -2.26. The molecule has 32 heavy (non-hydrogen) atoms. The monoisotopic (exact) mass is 478 g/mol. The van der Waals surface area contributed by atoms with Gasteiger partial charge in [0.2, 0.25) is 5.95 Å². The maximum Gasteiger partial charge on any atom is 0.306 e. The van der Waals surface area contributed by atoms with E-state index in [1.807, 2.05) is 0 Å². The molecule has 0 saturated carbocycles. The molecule has 0 spiro atoms. The Hall–Kier alpha value is -2.95. The molecule has 166 valence electrons. The minimum absolute atomic E-state index is 0.0685. The minimum Gasteiger partial charge on any atom is -0.348 e. The zero-order chi connectivity index (χ0) is 22.6. The summed E-state index contributed by atoms with van der Waals surface area (Å²) in [7, 11) is 0. The lowest BCUT2D eigenvalue weighted by Gasteiger charge is -2.16. The molecule has 0 unspecified atom stereocenters. The van der Waals surface area contributed by atoms with Gasteiger partial charge in [-0.2, -0.15) is 13.9 Å². The van der Waals surface area contributed by atoms with Crippen molar-refractivity contribution in [3.8, 4) is 0 Å². The van der Waals surface area contributed by atoms with Crippen LogP contribution in [0.1, 0.15) is 17.1 Å². The number of halogens is 4. The Balaban J connectivity index is 1.33. The van der Waals surface area contributed by atoms with Crippen LogP contribution in [0.2, 0.25) is 10.0 Å². The van der Waals surface area contributed by atoms with Crippen molar-refractivity contribution in [2.75, 3.05) is 18.4 Å². The van der Waals surface area contributed by atoms with Crippen LogP contribution in [0.4, 0.5) is 14.7 Å². The van der Waals surface area contributed by atoms with Crippen LogP contribution in [-0.4, -0.2) is 43.2 Å². The molecule has 0 aliphatic heterocycles. The van der Waals surface area contributed by atoms with Crippen LogP contribution in [0.15, 0.2) is 42.9 Å². The average Bonchev–Trinajstić information content (AvgIpc) is 3.19. The van der Waals surface area contributed by atoms with Gasteiger partial charge in [-0.3, -0.25) is 10.1 Å². The van der Waals surface area contributed by atoms with Gasteiger partial charge >= 0.3 is 5.92 Å². The van der Waals surface area contributed by atoms with Crippen molar-refractivity contribution in [2.24, 2.45) is 0 Å². The van der Waals surface area contributed by atoms with Gasteiger partial charge in [-0.15, -0.1) is 0 Å². The highest BCUT2D eigenvalue weighted by Crippen LogP contribution is 2.26. The van der Waals surface area contributed by atoms with Gasteiger partial charge in [0.25, 0.3) is 0 Å². The molecule has 4 rings (SSSR count). The van der Waals surface area contributed by atoms with Crippen molar-refractivity contribution < 1.29 is 8.78 Å². The number of nitrogens with one attached hydrogen (secondary N) is 3. The van der Waals surface area contributed by atoms with E-state index < -0.39 is 12.5 Å². The van der Waals surface area contributed by atoms with Crippen molar-refractivity contribution in [2.45, 2.75) is 18.9 Å². The summed E-state index contributed by atoms with van der Waals surface area (Å²) in [5.74, 6) is -3.10. The number of H-pyrrole nitrogens is 1. The molecule has 3 N–H and O–H groups in total. The van der Waals surface area contributed by atoms with Crippen molar-refractivity contribution in [3.05, 3.63) is 70.0 Å². The molecule has 0 radical (unpaired) electrons. The Morgan fingerprint density at radius 3 is 2.75 bits per heavy atom. The molecule has 0 aliphatic carbocycles. The first-order valence-corrected chi connectivity index (χ1v) is 10.4. The van der Waals surface area contributed by atoms with E-state index in [-0.39, 0.29) is 11.6 Å². The number of anilines is 1. The highest BCUT2D eigenvalue weighted by Gasteiger charge is 2.33. The van der Waals surface area contributed by atoms with Gasteiger partial charge in [-0.05, 0) is 18.2 Å². The van der Waals surface area contributed by atoms with Gasteiger partial charge in [-0.25, -0.2) is 15.0 Å². The molecule has 0 atom stereocenters. The second-order valence-corrected chi connectivity index (χ2v) is 7.75. The van der Waals surface area contributed by atoms with E-state index in [1.54, 1.807) is 18.3 Å². The molecule has 0 aromatic carbocycles. The first-order chi connectivity index (χ1) is 15.4. The molecule has 4 aromatic rings. The summed E-state index contributed by atoms with van der Waals surface area (Å²) in [4.78, 5) is 16.1. The van der Waals surface area contributed by atoms with Crippen LogP contribution in [0.5, 0.6) is 0 Å². The molecule has 8 nitrogen and oxygen atoms in total. The number of nitrogens with zero attached hydrogens (tertiary/aromatic N) is 5. The lowest BCUT2D eigenvalue weighted by atomic mass is 10.2. The number of hydrogen-bond donors (Lipinski definition) is 3. The van der Waals surface area contributed by atoms with E-state index in [2.05, 4.69) is 40.8 Å². The summed E-state index contributed by atoms with van der Waals surface area (Å²) in [6, 6.07) is 6.16. The largest absolute Gasteiger partial charge is 0.348 e. The van der Waals surface area contributed by atoms with Gasteiger partial charge in [-0.1, -0.05) is 29.3 Å². The summed E-state index contributed by atoms with van der Waals surface area (Å²) in [5.41, 5.74) is 1.65. The number of rotatable bonds is 9. The molecule has 0 bridgehead atoms. The number of aromatic amines is 1.